The van der Waals surface area contributed by atoms with Gasteiger partial charge >= 0.3 is 6.18 Å². The highest BCUT2D eigenvalue weighted by atomic mass is 19.4. The smallest absolute Gasteiger partial charge is 0.343 e. The first kappa shape index (κ1) is 18.0. The Labute approximate surface area is 155 Å². The molecule has 4 rings (SSSR count). The fourth-order valence-corrected chi connectivity index (χ4v) is 3.81. The Morgan fingerprint density at radius 1 is 1.15 bits per heavy atom. The van der Waals surface area contributed by atoms with Gasteiger partial charge in [0.1, 0.15) is 0 Å². The van der Waals surface area contributed by atoms with E-state index in [9.17, 15) is 13.2 Å². The van der Waals surface area contributed by atoms with Gasteiger partial charge in [0.25, 0.3) is 0 Å². The van der Waals surface area contributed by atoms with Crippen LogP contribution in [0.2, 0.25) is 0 Å². The van der Waals surface area contributed by atoms with Crippen molar-refractivity contribution >= 4 is 10.9 Å². The number of alkyl halides is 3. The molecular formula is C20H21F3N4. The van der Waals surface area contributed by atoms with Crippen molar-refractivity contribution < 1.29 is 13.2 Å². The zero-order chi connectivity index (χ0) is 19.2. The van der Waals surface area contributed by atoms with Crippen molar-refractivity contribution in [3.05, 3.63) is 58.8 Å². The van der Waals surface area contributed by atoms with Gasteiger partial charge in [-0.3, -0.25) is 0 Å². The zero-order valence-electron chi connectivity index (χ0n) is 15.3. The molecule has 1 aromatic carbocycles. The molecule has 0 N–H and O–H groups in total. The van der Waals surface area contributed by atoms with Gasteiger partial charge in [0.2, 0.25) is 5.82 Å². The van der Waals surface area contributed by atoms with Gasteiger partial charge in [0, 0.05) is 48.6 Å². The van der Waals surface area contributed by atoms with Gasteiger partial charge < -0.3 is 9.47 Å². The molecule has 4 nitrogen and oxygen atoms in total. The summed E-state index contributed by atoms with van der Waals surface area (Å²) in [6.45, 7) is 4.70. The molecule has 0 fully saturated rings. The van der Waals surface area contributed by atoms with Crippen molar-refractivity contribution in [2.45, 2.75) is 39.0 Å². The number of likely N-dealkylation sites (N-methyl/N-ethyl adjacent to an activating group) is 1. The van der Waals surface area contributed by atoms with Crippen molar-refractivity contribution in [1.82, 2.24) is 19.4 Å². The van der Waals surface area contributed by atoms with Crippen molar-refractivity contribution in [1.29, 1.82) is 0 Å². The number of benzene rings is 1. The van der Waals surface area contributed by atoms with Crippen LogP contribution in [-0.4, -0.2) is 33.0 Å². The lowest BCUT2D eigenvalue weighted by atomic mass is 10.0. The third-order valence-electron chi connectivity index (χ3n) is 5.19. The van der Waals surface area contributed by atoms with Crippen LogP contribution < -0.4 is 0 Å². The molecule has 0 bridgehead atoms. The summed E-state index contributed by atoms with van der Waals surface area (Å²) in [5, 5.41) is 1.29. The van der Waals surface area contributed by atoms with Gasteiger partial charge in [-0.05, 0) is 50.1 Å². The molecule has 0 saturated heterocycles. The van der Waals surface area contributed by atoms with Crippen LogP contribution in [0.5, 0.6) is 0 Å². The molecule has 1 aliphatic rings. The summed E-state index contributed by atoms with van der Waals surface area (Å²) in [6.07, 6.45) is -0.334. The Morgan fingerprint density at radius 2 is 1.89 bits per heavy atom. The molecular weight excluding hydrogens is 353 g/mol. The minimum Gasteiger partial charge on any atom is -0.343 e. The highest BCUT2D eigenvalue weighted by Gasteiger charge is 2.34. The van der Waals surface area contributed by atoms with E-state index in [4.69, 9.17) is 0 Å². The fraction of sp³-hybridized carbons (Fsp3) is 0.400. The third-order valence-corrected chi connectivity index (χ3v) is 5.19. The Kier molecular flexibility index (Phi) is 4.42. The summed E-state index contributed by atoms with van der Waals surface area (Å²) in [6, 6.07) is 6.48. The molecule has 3 aromatic rings. The van der Waals surface area contributed by atoms with E-state index in [-0.39, 0.29) is 0 Å². The van der Waals surface area contributed by atoms with Crippen LogP contribution in [0.3, 0.4) is 0 Å². The van der Waals surface area contributed by atoms with Crippen molar-refractivity contribution in [2.24, 2.45) is 0 Å². The lowest BCUT2D eigenvalue weighted by Gasteiger charge is -2.24. The standard InChI is InChI=1S/C20H21F3N4/c1-13-3-4-17-16(9-13)15-6-7-26(2)12-18(15)27(17)8-5-14-10-24-19(25-11-14)20(21,22)23/h3-4,9-11H,5-8,12H2,1-2H3. The topological polar surface area (TPSA) is 34.0 Å². The second-order valence-electron chi connectivity index (χ2n) is 7.25. The molecule has 3 heterocycles. The second kappa shape index (κ2) is 6.64. The number of halogens is 3. The zero-order valence-corrected chi connectivity index (χ0v) is 15.3. The summed E-state index contributed by atoms with van der Waals surface area (Å²) < 4.78 is 40.2. The Hall–Kier alpha value is -2.41. The van der Waals surface area contributed by atoms with Gasteiger partial charge in [-0.15, -0.1) is 0 Å². The quantitative estimate of drug-likeness (QED) is 0.695. The number of hydrogen-bond acceptors (Lipinski definition) is 3. The van der Waals surface area contributed by atoms with Gasteiger partial charge in [-0.1, -0.05) is 11.6 Å². The maximum absolute atomic E-state index is 12.6. The molecule has 27 heavy (non-hydrogen) atoms. The molecule has 142 valence electrons. The summed E-state index contributed by atoms with van der Waals surface area (Å²) >= 11 is 0. The molecule has 0 radical (unpaired) electrons. The second-order valence-corrected chi connectivity index (χ2v) is 7.25. The Morgan fingerprint density at radius 3 is 2.59 bits per heavy atom. The van der Waals surface area contributed by atoms with Crippen LogP contribution in [0.4, 0.5) is 13.2 Å². The number of rotatable bonds is 3. The van der Waals surface area contributed by atoms with Crippen LogP contribution in [-0.2, 0) is 32.1 Å². The van der Waals surface area contributed by atoms with Crippen molar-refractivity contribution in [3.63, 3.8) is 0 Å². The molecule has 0 unspecified atom stereocenters. The molecule has 0 saturated carbocycles. The van der Waals surface area contributed by atoms with Crippen molar-refractivity contribution in [3.8, 4) is 0 Å². The first-order valence-corrected chi connectivity index (χ1v) is 9.00. The summed E-state index contributed by atoms with van der Waals surface area (Å²) in [5.41, 5.74) is 5.83. The highest BCUT2D eigenvalue weighted by Crippen LogP contribution is 2.31. The maximum atomic E-state index is 12.6. The van der Waals surface area contributed by atoms with Crippen LogP contribution in [0.25, 0.3) is 10.9 Å². The van der Waals surface area contributed by atoms with Crippen LogP contribution >= 0.6 is 0 Å². The van der Waals surface area contributed by atoms with E-state index in [1.807, 2.05) is 0 Å². The number of hydrogen-bond donors (Lipinski definition) is 0. The van der Waals surface area contributed by atoms with Gasteiger partial charge in [-0.25, -0.2) is 9.97 Å². The Balaban J connectivity index is 1.65. The van der Waals surface area contributed by atoms with Crippen LogP contribution in [0, 0.1) is 6.92 Å². The number of nitrogens with zero attached hydrogens (tertiary/aromatic N) is 4. The lowest BCUT2D eigenvalue weighted by Crippen LogP contribution is -2.28. The number of fused-ring (bicyclic) bond motifs is 3. The average molecular weight is 374 g/mol. The molecule has 0 atom stereocenters. The lowest BCUT2D eigenvalue weighted by molar-refractivity contribution is -0.145. The highest BCUT2D eigenvalue weighted by molar-refractivity contribution is 5.86. The summed E-state index contributed by atoms with van der Waals surface area (Å²) in [5.74, 6) is -1.09. The molecule has 1 aliphatic heterocycles. The van der Waals surface area contributed by atoms with E-state index < -0.39 is 12.0 Å². The largest absolute Gasteiger partial charge is 0.451 e. The first-order valence-electron chi connectivity index (χ1n) is 9.00. The third kappa shape index (κ3) is 3.43. The van der Waals surface area contributed by atoms with Crippen LogP contribution in [0.1, 0.15) is 28.2 Å². The van der Waals surface area contributed by atoms with E-state index in [0.717, 1.165) is 19.5 Å². The number of aromatic nitrogens is 3. The molecule has 0 spiro atoms. The predicted molar refractivity (Wildman–Crippen MR) is 97.5 cm³/mol. The van der Waals surface area contributed by atoms with Gasteiger partial charge in [0.15, 0.2) is 0 Å². The van der Waals surface area contributed by atoms with E-state index in [0.29, 0.717) is 18.5 Å². The minimum absolute atomic E-state index is 0.589. The normalized spacial score (nSPS) is 15.3. The van der Waals surface area contributed by atoms with E-state index in [1.165, 1.54) is 40.1 Å². The molecule has 2 aromatic heterocycles. The molecule has 7 heteroatoms. The van der Waals surface area contributed by atoms with Gasteiger partial charge in [0.05, 0.1) is 0 Å². The number of aryl methyl sites for hydroxylation is 3. The van der Waals surface area contributed by atoms with E-state index >= 15 is 0 Å². The van der Waals surface area contributed by atoms with E-state index in [2.05, 4.69) is 51.6 Å². The average Bonchev–Trinajstić information content (AvgIpc) is 2.91. The SMILES string of the molecule is Cc1ccc2c(c1)c1c(n2CCc2cnc(C(F)(F)F)nc2)CN(C)CC1. The summed E-state index contributed by atoms with van der Waals surface area (Å²) in [4.78, 5) is 9.24. The van der Waals surface area contributed by atoms with E-state index in [1.54, 1.807) is 0 Å². The maximum Gasteiger partial charge on any atom is 0.451 e. The summed E-state index contributed by atoms with van der Waals surface area (Å²) in [7, 11) is 2.11. The minimum atomic E-state index is -4.50. The van der Waals surface area contributed by atoms with Crippen LogP contribution in [0.15, 0.2) is 30.6 Å². The monoisotopic (exact) mass is 374 g/mol. The van der Waals surface area contributed by atoms with Gasteiger partial charge in [-0.2, -0.15) is 13.2 Å². The Bertz CT molecular complexity index is 974. The molecule has 0 aliphatic carbocycles. The molecule has 0 amide bonds. The predicted octanol–water partition coefficient (Wildman–Crippen LogP) is 3.99. The first-order chi connectivity index (χ1) is 12.8. The van der Waals surface area contributed by atoms with Crippen molar-refractivity contribution in [2.75, 3.05) is 13.6 Å². The fourth-order valence-electron chi connectivity index (χ4n) is 3.81.